The molecule has 1 unspecified atom stereocenters. The van der Waals surface area contributed by atoms with Crippen LogP contribution >= 0.6 is 7.60 Å². The zero-order chi connectivity index (χ0) is 41.9. The predicted octanol–water partition coefficient (Wildman–Crippen LogP) is 3.87. The van der Waals surface area contributed by atoms with Crippen molar-refractivity contribution in [3.8, 4) is 11.5 Å². The van der Waals surface area contributed by atoms with Crippen LogP contribution in [0.4, 0.5) is 5.82 Å². The minimum atomic E-state index is -3.97. The van der Waals surface area contributed by atoms with E-state index in [9.17, 15) is 24.1 Å². The molecule has 0 amide bonds. The first-order valence-electron chi connectivity index (χ1n) is 18.8. The number of aromatic nitrogens is 4. The van der Waals surface area contributed by atoms with Gasteiger partial charge >= 0.3 is 19.0 Å². The van der Waals surface area contributed by atoms with Gasteiger partial charge < -0.3 is 43.6 Å². The molecule has 312 valence electrons. The molecular formula is C41H46N5O12P. The van der Waals surface area contributed by atoms with Crippen molar-refractivity contribution in [2.45, 2.75) is 62.2 Å². The van der Waals surface area contributed by atoms with Crippen LogP contribution in [0.5, 0.6) is 11.5 Å². The summed E-state index contributed by atoms with van der Waals surface area (Å²) in [5.41, 5.74) is 5.05. The Morgan fingerprint density at radius 1 is 0.847 bits per heavy atom. The van der Waals surface area contributed by atoms with Crippen molar-refractivity contribution in [1.82, 2.24) is 19.1 Å². The van der Waals surface area contributed by atoms with Gasteiger partial charge in [0.25, 0.3) is 5.56 Å². The second-order valence-corrected chi connectivity index (χ2v) is 16.4. The van der Waals surface area contributed by atoms with Crippen molar-refractivity contribution in [2.24, 2.45) is 0 Å². The lowest BCUT2D eigenvalue weighted by Crippen LogP contribution is -2.38. The van der Waals surface area contributed by atoms with Gasteiger partial charge in [0, 0.05) is 37.5 Å². The average molecular weight is 832 g/mol. The molecule has 18 heteroatoms. The Hall–Kier alpha value is -5.39. The van der Waals surface area contributed by atoms with Crippen molar-refractivity contribution < 1.29 is 42.4 Å². The van der Waals surface area contributed by atoms with E-state index < -0.39 is 67.0 Å². The first-order chi connectivity index (χ1) is 28.3. The Kier molecular flexibility index (Phi) is 12.4. The number of methoxy groups -OCH3 is 2. The first kappa shape index (κ1) is 41.8. The number of aromatic amines is 1. The maximum atomic E-state index is 14.1. The van der Waals surface area contributed by atoms with E-state index in [1.807, 2.05) is 78.9 Å². The highest BCUT2D eigenvalue weighted by Crippen LogP contribution is 2.50. The fourth-order valence-corrected chi connectivity index (χ4v) is 8.57. The van der Waals surface area contributed by atoms with Crippen molar-refractivity contribution >= 4 is 13.4 Å². The summed E-state index contributed by atoms with van der Waals surface area (Å²) in [6.07, 6.45) is -2.89. The van der Waals surface area contributed by atoms with Gasteiger partial charge in [-0.15, -0.1) is 0 Å². The number of anilines is 1. The number of nitrogens with one attached hydrogen (secondary N) is 1. The minimum absolute atomic E-state index is 0.0156. The molecule has 4 N–H and O–H groups in total. The highest BCUT2D eigenvalue weighted by Gasteiger charge is 2.45. The van der Waals surface area contributed by atoms with E-state index in [1.54, 1.807) is 21.1 Å². The average Bonchev–Trinajstić information content (AvgIpc) is 3.80. The van der Waals surface area contributed by atoms with E-state index in [0.29, 0.717) is 11.5 Å². The Morgan fingerprint density at radius 3 is 2.05 bits per heavy atom. The number of nitrogens with zero attached hydrogens (tertiary/aromatic N) is 3. The number of rotatable bonds is 15. The quantitative estimate of drug-likeness (QED) is 0.101. The van der Waals surface area contributed by atoms with E-state index in [1.165, 1.54) is 34.3 Å². The summed E-state index contributed by atoms with van der Waals surface area (Å²) < 4.78 is 59.1. The molecule has 2 fully saturated rings. The normalized spacial score (nSPS) is 22.9. The van der Waals surface area contributed by atoms with Gasteiger partial charge in [-0.05, 0) is 53.9 Å². The third-order valence-corrected chi connectivity index (χ3v) is 11.7. The molecule has 59 heavy (non-hydrogen) atoms. The van der Waals surface area contributed by atoms with E-state index in [0.717, 1.165) is 16.7 Å². The van der Waals surface area contributed by atoms with Crippen LogP contribution in [0.15, 0.2) is 112 Å². The third-order valence-electron chi connectivity index (χ3n) is 10.4. The zero-order valence-electron chi connectivity index (χ0n) is 32.8. The van der Waals surface area contributed by atoms with E-state index in [2.05, 4.69) is 9.97 Å². The Bertz CT molecular complexity index is 2410. The Morgan fingerprint density at radius 2 is 1.44 bits per heavy atom. The largest absolute Gasteiger partial charge is 0.497 e. The number of hydrogen-bond acceptors (Lipinski definition) is 14. The Balaban J connectivity index is 1.19. The van der Waals surface area contributed by atoms with Gasteiger partial charge in [0.2, 0.25) is 0 Å². The van der Waals surface area contributed by atoms with E-state index in [-0.39, 0.29) is 37.4 Å². The summed E-state index contributed by atoms with van der Waals surface area (Å²) >= 11 is 0. The van der Waals surface area contributed by atoms with Crippen LogP contribution in [0.25, 0.3) is 0 Å². The summed E-state index contributed by atoms with van der Waals surface area (Å²) in [5.74, 6) is 1.33. The third kappa shape index (κ3) is 8.96. The molecule has 2 saturated heterocycles. The smallest absolute Gasteiger partial charge is 0.351 e. The lowest BCUT2D eigenvalue weighted by atomic mass is 9.80. The van der Waals surface area contributed by atoms with Crippen LogP contribution in [-0.4, -0.2) is 82.7 Å². The summed E-state index contributed by atoms with van der Waals surface area (Å²) in [6, 6.07) is 26.0. The fourth-order valence-electron chi connectivity index (χ4n) is 7.38. The molecule has 0 spiro atoms. The fraction of sp³-hybridized carbons (Fsp3) is 0.366. The van der Waals surface area contributed by atoms with Gasteiger partial charge in [-0.2, -0.15) is 4.98 Å². The van der Waals surface area contributed by atoms with Gasteiger partial charge in [0.1, 0.15) is 47.6 Å². The molecular weight excluding hydrogens is 785 g/mol. The van der Waals surface area contributed by atoms with Crippen LogP contribution in [0.3, 0.4) is 0 Å². The number of ether oxygens (including phenoxy) is 5. The highest BCUT2D eigenvalue weighted by atomic mass is 31.2. The van der Waals surface area contributed by atoms with Crippen molar-refractivity contribution in [2.75, 3.05) is 39.8 Å². The molecule has 0 aliphatic carbocycles. The van der Waals surface area contributed by atoms with E-state index >= 15 is 0 Å². The van der Waals surface area contributed by atoms with Gasteiger partial charge in [-0.3, -0.25) is 23.5 Å². The topological polar surface area (TPSA) is 218 Å². The van der Waals surface area contributed by atoms with Gasteiger partial charge in [0.05, 0.1) is 39.6 Å². The lowest BCUT2D eigenvalue weighted by Gasteiger charge is -2.37. The number of aliphatic hydroxyl groups is 1. The molecule has 3 aromatic carbocycles. The molecule has 2 aliphatic rings. The van der Waals surface area contributed by atoms with Crippen LogP contribution < -0.4 is 32.1 Å². The number of nitrogen functional groups attached to an aromatic ring is 1. The second kappa shape index (κ2) is 17.5. The Labute approximate surface area is 338 Å². The molecule has 2 aliphatic heterocycles. The van der Waals surface area contributed by atoms with Crippen molar-refractivity contribution in [1.29, 1.82) is 0 Å². The monoisotopic (exact) mass is 831 g/mol. The molecule has 2 aromatic heterocycles. The predicted molar refractivity (Wildman–Crippen MR) is 215 cm³/mol. The van der Waals surface area contributed by atoms with E-state index in [4.69, 9.17) is 38.5 Å². The van der Waals surface area contributed by atoms with Crippen LogP contribution in [0.2, 0.25) is 0 Å². The molecule has 7 atom stereocenters. The number of H-pyrrole nitrogens is 1. The SMILES string of the molecule is COc1ccc(C(OC[C@H]2O[C@@H](n3cc(C)c(=O)[nH]c3=O)C[C@@H]2OP(C)(=O)OC[C@H]2O[C@@H](n3ccc(N)nc3=O)C[C@@H]2O)(c2ccccc2)c2ccc(OC)cc2)cc1. The summed E-state index contributed by atoms with van der Waals surface area (Å²) in [6.45, 7) is 2.35. The lowest BCUT2D eigenvalue weighted by molar-refractivity contribution is -0.0933. The number of aliphatic hydroxyl groups excluding tert-OH is 1. The van der Waals surface area contributed by atoms with Crippen LogP contribution in [0, 0.1) is 6.92 Å². The number of benzene rings is 3. The van der Waals surface area contributed by atoms with Crippen LogP contribution in [-0.2, 0) is 33.4 Å². The second-order valence-electron chi connectivity index (χ2n) is 14.3. The van der Waals surface area contributed by atoms with Crippen molar-refractivity contribution in [3.63, 3.8) is 0 Å². The van der Waals surface area contributed by atoms with Crippen LogP contribution in [0.1, 0.15) is 47.6 Å². The zero-order valence-corrected chi connectivity index (χ0v) is 33.7. The molecule has 0 radical (unpaired) electrons. The summed E-state index contributed by atoms with van der Waals surface area (Å²) in [5, 5.41) is 10.8. The molecule has 17 nitrogen and oxygen atoms in total. The highest BCUT2D eigenvalue weighted by molar-refractivity contribution is 7.53. The summed E-state index contributed by atoms with van der Waals surface area (Å²) in [4.78, 5) is 43.8. The maximum absolute atomic E-state index is 14.1. The molecule has 5 aromatic rings. The number of hydrogen-bond donors (Lipinski definition) is 3. The van der Waals surface area contributed by atoms with Gasteiger partial charge in [-0.25, -0.2) is 9.59 Å². The minimum Gasteiger partial charge on any atom is -0.497 e. The molecule has 0 saturated carbocycles. The van der Waals surface area contributed by atoms with Gasteiger partial charge in [0.15, 0.2) is 0 Å². The first-order valence-corrected chi connectivity index (χ1v) is 20.8. The van der Waals surface area contributed by atoms with Gasteiger partial charge in [-0.1, -0.05) is 54.6 Å². The molecule has 0 bridgehead atoms. The molecule has 7 rings (SSSR count). The number of nitrogens with two attached hydrogens (primary N) is 1. The van der Waals surface area contributed by atoms with Crippen molar-refractivity contribution in [3.05, 3.63) is 151 Å². The maximum Gasteiger partial charge on any atom is 0.351 e. The standard InChI is InChI=1S/C41H46N5O12P/c1-25-22-46(40(50)44-38(25)48)37-21-32(58-59(4,51)55-24-33-31(47)20-36(56-33)45-19-18-35(42)43-39(45)49)34(57-37)23-54-41(26-8-6-5-7-9-26,27-10-14-29(52-2)15-11-27)28-12-16-30(53-3)17-13-28/h5-19,22,31-34,36-37,47H,20-21,23-24H2,1-4H3,(H2,42,43,49)(H,44,48,50)/t31-,32-,33+,34+,36+,37+,59?/m0/s1. The summed E-state index contributed by atoms with van der Waals surface area (Å²) in [7, 11) is -0.800. The molecule has 4 heterocycles. The number of aryl methyl sites for hydroxylation is 1.